The summed E-state index contributed by atoms with van der Waals surface area (Å²) in [5, 5.41) is 2.85. The highest BCUT2D eigenvalue weighted by atomic mass is 16.5. The summed E-state index contributed by atoms with van der Waals surface area (Å²) < 4.78 is 11.3. The van der Waals surface area contributed by atoms with Gasteiger partial charge in [0, 0.05) is 30.2 Å². The molecular formula is C24H23N3O4. The van der Waals surface area contributed by atoms with Crippen LogP contribution in [0.2, 0.25) is 0 Å². The predicted octanol–water partition coefficient (Wildman–Crippen LogP) is 3.84. The van der Waals surface area contributed by atoms with E-state index in [0.717, 1.165) is 5.75 Å². The zero-order valence-electron chi connectivity index (χ0n) is 17.2. The maximum atomic E-state index is 12.5. The highest BCUT2D eigenvalue weighted by molar-refractivity contribution is 6.05. The van der Waals surface area contributed by atoms with E-state index in [2.05, 4.69) is 10.3 Å². The van der Waals surface area contributed by atoms with E-state index in [1.54, 1.807) is 47.6 Å². The molecule has 1 aliphatic heterocycles. The third kappa shape index (κ3) is 5.01. The molecule has 0 unspecified atom stereocenters. The maximum Gasteiger partial charge on any atom is 0.265 e. The molecule has 7 nitrogen and oxygen atoms in total. The molecule has 2 heterocycles. The lowest BCUT2D eigenvalue weighted by Gasteiger charge is -2.30. The average Bonchev–Trinajstić information content (AvgIpc) is 2.79. The Labute approximate surface area is 180 Å². The lowest BCUT2D eigenvalue weighted by Crippen LogP contribution is -2.39. The fourth-order valence-electron chi connectivity index (χ4n) is 3.28. The number of carbonyl (C=O) groups is 2. The summed E-state index contributed by atoms with van der Waals surface area (Å²) in [5.74, 6) is 1.05. The second kappa shape index (κ2) is 9.30. The smallest absolute Gasteiger partial charge is 0.265 e. The van der Waals surface area contributed by atoms with Gasteiger partial charge in [0.25, 0.3) is 11.8 Å². The molecule has 0 atom stereocenters. The van der Waals surface area contributed by atoms with E-state index in [9.17, 15) is 9.59 Å². The summed E-state index contributed by atoms with van der Waals surface area (Å²) in [6.45, 7) is 3.00. The fraction of sp³-hybridized carbons (Fsp3) is 0.208. The first kappa shape index (κ1) is 20.4. The summed E-state index contributed by atoms with van der Waals surface area (Å²) in [6, 6.07) is 16.4. The van der Waals surface area contributed by atoms with Crippen LogP contribution in [0.1, 0.15) is 22.3 Å². The number of aryl methyl sites for hydroxylation is 1. The monoisotopic (exact) mass is 417 g/mol. The molecular weight excluding hydrogens is 394 g/mol. The number of pyridine rings is 1. The van der Waals surface area contributed by atoms with Gasteiger partial charge < -0.3 is 19.7 Å². The molecule has 0 fully saturated rings. The SMILES string of the molecule is Cc1ccc(OCCCN2C(=O)COc3ccc(NC(=O)c4ccncc4)cc32)cc1. The molecule has 0 aliphatic carbocycles. The molecule has 0 bridgehead atoms. The zero-order valence-corrected chi connectivity index (χ0v) is 17.2. The standard InChI is InChI=1S/C24H23N3O4/c1-17-3-6-20(7-4-17)30-14-2-13-27-21-15-19(5-8-22(21)31-16-23(27)28)26-24(29)18-9-11-25-12-10-18/h3-12,15H,2,13-14,16H2,1H3,(H,26,29). The number of nitrogens with one attached hydrogen (secondary N) is 1. The van der Waals surface area contributed by atoms with Crippen LogP contribution in [-0.2, 0) is 4.79 Å². The molecule has 4 rings (SSSR count). The van der Waals surface area contributed by atoms with Crippen molar-refractivity contribution in [2.45, 2.75) is 13.3 Å². The Balaban J connectivity index is 1.41. The van der Waals surface area contributed by atoms with E-state index in [1.807, 2.05) is 31.2 Å². The van der Waals surface area contributed by atoms with Gasteiger partial charge in [-0.1, -0.05) is 17.7 Å². The summed E-state index contributed by atoms with van der Waals surface area (Å²) in [6.07, 6.45) is 3.79. The minimum atomic E-state index is -0.247. The number of fused-ring (bicyclic) bond motifs is 1. The summed E-state index contributed by atoms with van der Waals surface area (Å²) in [5.41, 5.74) is 2.90. The number of anilines is 2. The van der Waals surface area contributed by atoms with Crippen LogP contribution in [0.3, 0.4) is 0 Å². The largest absolute Gasteiger partial charge is 0.494 e. The number of aromatic nitrogens is 1. The number of hydrogen-bond acceptors (Lipinski definition) is 5. The van der Waals surface area contributed by atoms with E-state index >= 15 is 0 Å². The van der Waals surface area contributed by atoms with Crippen LogP contribution in [0.5, 0.6) is 11.5 Å². The molecule has 1 aliphatic rings. The third-order valence-corrected chi connectivity index (χ3v) is 4.92. The molecule has 7 heteroatoms. The molecule has 2 aromatic carbocycles. The van der Waals surface area contributed by atoms with Crippen LogP contribution in [0.4, 0.5) is 11.4 Å². The van der Waals surface area contributed by atoms with Gasteiger partial charge in [0.1, 0.15) is 11.5 Å². The van der Waals surface area contributed by atoms with E-state index < -0.39 is 0 Å². The van der Waals surface area contributed by atoms with Gasteiger partial charge in [0.15, 0.2) is 6.61 Å². The topological polar surface area (TPSA) is 80.8 Å². The lowest BCUT2D eigenvalue weighted by atomic mass is 10.2. The first-order chi connectivity index (χ1) is 15.1. The molecule has 2 amide bonds. The van der Waals surface area contributed by atoms with E-state index in [1.165, 1.54) is 5.56 Å². The van der Waals surface area contributed by atoms with Gasteiger partial charge >= 0.3 is 0 Å². The summed E-state index contributed by atoms with van der Waals surface area (Å²) in [4.78, 5) is 30.5. The molecule has 0 spiro atoms. The van der Waals surface area contributed by atoms with Crippen molar-refractivity contribution >= 4 is 23.2 Å². The van der Waals surface area contributed by atoms with Crippen LogP contribution in [0.15, 0.2) is 67.0 Å². The highest BCUT2D eigenvalue weighted by Crippen LogP contribution is 2.34. The number of carbonyl (C=O) groups excluding carboxylic acids is 2. The van der Waals surface area contributed by atoms with Crippen LogP contribution >= 0.6 is 0 Å². The number of amides is 2. The molecule has 0 radical (unpaired) electrons. The van der Waals surface area contributed by atoms with E-state index in [0.29, 0.717) is 42.3 Å². The third-order valence-electron chi connectivity index (χ3n) is 4.92. The van der Waals surface area contributed by atoms with Crippen molar-refractivity contribution in [3.8, 4) is 11.5 Å². The van der Waals surface area contributed by atoms with Gasteiger partial charge in [-0.05, 0) is 55.8 Å². The predicted molar refractivity (Wildman–Crippen MR) is 118 cm³/mol. The van der Waals surface area contributed by atoms with Crippen molar-refractivity contribution in [2.75, 3.05) is 30.0 Å². The fourth-order valence-corrected chi connectivity index (χ4v) is 3.28. The number of hydrogen-bond donors (Lipinski definition) is 1. The van der Waals surface area contributed by atoms with Crippen LogP contribution in [0.25, 0.3) is 0 Å². The maximum absolute atomic E-state index is 12.5. The second-order valence-corrected chi connectivity index (χ2v) is 7.22. The van der Waals surface area contributed by atoms with Gasteiger partial charge in [0.2, 0.25) is 0 Å². The van der Waals surface area contributed by atoms with Crippen LogP contribution in [-0.4, -0.2) is 36.6 Å². The quantitative estimate of drug-likeness (QED) is 0.591. The van der Waals surface area contributed by atoms with Gasteiger partial charge in [-0.25, -0.2) is 0 Å². The molecule has 1 N–H and O–H groups in total. The molecule has 1 aromatic heterocycles. The molecule has 158 valence electrons. The lowest BCUT2D eigenvalue weighted by molar-refractivity contribution is -0.121. The van der Waals surface area contributed by atoms with Crippen molar-refractivity contribution in [1.29, 1.82) is 0 Å². The van der Waals surface area contributed by atoms with Crippen LogP contribution < -0.4 is 19.7 Å². The number of nitrogens with zero attached hydrogens (tertiary/aromatic N) is 2. The van der Waals surface area contributed by atoms with Crippen LogP contribution in [0, 0.1) is 6.92 Å². The van der Waals surface area contributed by atoms with Gasteiger partial charge in [-0.2, -0.15) is 0 Å². The molecule has 3 aromatic rings. The second-order valence-electron chi connectivity index (χ2n) is 7.22. The van der Waals surface area contributed by atoms with Crippen molar-refractivity contribution in [2.24, 2.45) is 0 Å². The van der Waals surface area contributed by atoms with E-state index in [4.69, 9.17) is 9.47 Å². The Bertz CT molecular complexity index is 1070. The number of ether oxygens (including phenoxy) is 2. The minimum Gasteiger partial charge on any atom is -0.494 e. The Morgan fingerprint density at radius 3 is 2.68 bits per heavy atom. The first-order valence-corrected chi connectivity index (χ1v) is 10.1. The van der Waals surface area contributed by atoms with Gasteiger partial charge in [-0.3, -0.25) is 14.6 Å². The van der Waals surface area contributed by atoms with Gasteiger partial charge in [0.05, 0.1) is 12.3 Å². The van der Waals surface area contributed by atoms with Gasteiger partial charge in [-0.15, -0.1) is 0 Å². The Morgan fingerprint density at radius 2 is 1.90 bits per heavy atom. The summed E-state index contributed by atoms with van der Waals surface area (Å²) >= 11 is 0. The van der Waals surface area contributed by atoms with Crippen molar-refractivity contribution in [3.05, 3.63) is 78.1 Å². The summed E-state index contributed by atoms with van der Waals surface area (Å²) in [7, 11) is 0. The van der Waals surface area contributed by atoms with E-state index in [-0.39, 0.29) is 18.4 Å². The minimum absolute atomic E-state index is 0.00542. The molecule has 31 heavy (non-hydrogen) atoms. The molecule has 0 saturated heterocycles. The number of rotatable bonds is 7. The Kier molecular flexibility index (Phi) is 6.12. The Morgan fingerprint density at radius 1 is 1.13 bits per heavy atom. The van der Waals surface area contributed by atoms with Crippen molar-refractivity contribution in [1.82, 2.24) is 4.98 Å². The Hall–Kier alpha value is -3.87. The molecule has 0 saturated carbocycles. The zero-order chi connectivity index (χ0) is 21.6. The highest BCUT2D eigenvalue weighted by Gasteiger charge is 2.25. The van der Waals surface area contributed by atoms with Crippen molar-refractivity contribution < 1.29 is 19.1 Å². The number of benzene rings is 2. The first-order valence-electron chi connectivity index (χ1n) is 10.1. The average molecular weight is 417 g/mol. The normalized spacial score (nSPS) is 12.7. The van der Waals surface area contributed by atoms with Crippen molar-refractivity contribution in [3.63, 3.8) is 0 Å².